The molecule has 0 saturated carbocycles. The fourth-order valence-electron chi connectivity index (χ4n) is 3.41. The van der Waals surface area contributed by atoms with E-state index in [9.17, 15) is 4.79 Å². The number of nitrogens with one attached hydrogen (secondary N) is 1. The first-order valence-electron chi connectivity index (χ1n) is 9.57. The number of rotatable bonds is 7. The van der Waals surface area contributed by atoms with Crippen LogP contribution in [0.1, 0.15) is 21.7 Å². The van der Waals surface area contributed by atoms with E-state index in [1.54, 1.807) is 29.5 Å². The lowest BCUT2D eigenvalue weighted by molar-refractivity contribution is 0.102. The van der Waals surface area contributed by atoms with Gasteiger partial charge in [-0.25, -0.2) is 4.98 Å². The molecular weight excluding hydrogens is 382 g/mol. The number of imidazole rings is 1. The van der Waals surface area contributed by atoms with E-state index in [2.05, 4.69) is 15.4 Å². The van der Waals surface area contributed by atoms with E-state index in [1.165, 1.54) is 0 Å². The normalized spacial score (nSPS) is 10.9. The Morgan fingerprint density at radius 3 is 2.77 bits per heavy atom. The Balaban J connectivity index is 1.43. The average Bonchev–Trinajstić information content (AvgIpc) is 3.34. The van der Waals surface area contributed by atoms with Crippen LogP contribution < -0.4 is 14.8 Å². The van der Waals surface area contributed by atoms with Crippen molar-refractivity contribution in [2.75, 3.05) is 19.5 Å². The summed E-state index contributed by atoms with van der Waals surface area (Å²) in [5.74, 6) is 1.19. The number of anilines is 1. The van der Waals surface area contributed by atoms with Crippen molar-refractivity contribution in [1.82, 2.24) is 19.2 Å². The van der Waals surface area contributed by atoms with Crippen LogP contribution >= 0.6 is 0 Å². The molecule has 1 N–H and O–H groups in total. The topological polar surface area (TPSA) is 82.7 Å². The van der Waals surface area contributed by atoms with Crippen molar-refractivity contribution < 1.29 is 14.3 Å². The Bertz CT molecular complexity index is 1190. The molecule has 1 amide bonds. The van der Waals surface area contributed by atoms with E-state index in [-0.39, 0.29) is 5.91 Å². The van der Waals surface area contributed by atoms with Gasteiger partial charge in [-0.2, -0.15) is 5.10 Å². The van der Waals surface area contributed by atoms with Gasteiger partial charge in [0.25, 0.3) is 5.91 Å². The maximum Gasteiger partial charge on any atom is 0.274 e. The molecule has 0 bridgehead atoms. The third-order valence-electron chi connectivity index (χ3n) is 4.89. The van der Waals surface area contributed by atoms with Crippen LogP contribution in [-0.4, -0.2) is 39.3 Å². The zero-order chi connectivity index (χ0) is 21.1. The number of nitrogens with zero attached hydrogens (tertiary/aromatic N) is 4. The highest BCUT2D eigenvalue weighted by Crippen LogP contribution is 2.27. The number of pyridine rings is 1. The molecule has 8 nitrogen and oxygen atoms in total. The molecule has 0 fully saturated rings. The van der Waals surface area contributed by atoms with Gasteiger partial charge in [-0.1, -0.05) is 12.1 Å². The molecule has 3 heterocycles. The van der Waals surface area contributed by atoms with Crippen molar-refractivity contribution in [3.63, 3.8) is 0 Å². The van der Waals surface area contributed by atoms with E-state index in [4.69, 9.17) is 9.47 Å². The minimum absolute atomic E-state index is 0.217. The van der Waals surface area contributed by atoms with Gasteiger partial charge in [-0.3, -0.25) is 13.9 Å². The van der Waals surface area contributed by atoms with Gasteiger partial charge in [0.1, 0.15) is 11.3 Å². The second kappa shape index (κ2) is 8.28. The highest BCUT2D eigenvalue weighted by atomic mass is 16.5. The van der Waals surface area contributed by atoms with Crippen LogP contribution in [0.25, 0.3) is 5.65 Å². The first-order valence-corrected chi connectivity index (χ1v) is 9.57. The molecule has 0 saturated heterocycles. The molecule has 4 aromatic rings. The van der Waals surface area contributed by atoms with Crippen molar-refractivity contribution >= 4 is 17.2 Å². The summed E-state index contributed by atoms with van der Waals surface area (Å²) in [7, 11) is 3.24. The lowest BCUT2D eigenvalue weighted by Gasteiger charge is -2.09. The maximum absolute atomic E-state index is 12.8. The highest BCUT2D eigenvalue weighted by molar-refractivity contribution is 6.04. The van der Waals surface area contributed by atoms with Gasteiger partial charge >= 0.3 is 0 Å². The quantitative estimate of drug-likeness (QED) is 0.510. The first-order chi connectivity index (χ1) is 14.6. The Labute approximate surface area is 174 Å². The molecular formula is C22H23N5O3. The fraction of sp³-hybridized carbons (Fsp3) is 0.227. The summed E-state index contributed by atoms with van der Waals surface area (Å²) in [6, 6.07) is 11.5. The van der Waals surface area contributed by atoms with Crippen molar-refractivity contribution in [3.8, 4) is 11.5 Å². The number of aromatic nitrogens is 4. The Kier molecular flexibility index (Phi) is 5.38. The zero-order valence-electron chi connectivity index (χ0n) is 17.1. The van der Waals surface area contributed by atoms with Gasteiger partial charge in [0.2, 0.25) is 0 Å². The summed E-state index contributed by atoms with van der Waals surface area (Å²) < 4.78 is 14.2. The van der Waals surface area contributed by atoms with Crippen LogP contribution in [0.5, 0.6) is 11.5 Å². The molecule has 3 aromatic heterocycles. The molecule has 154 valence electrons. The van der Waals surface area contributed by atoms with Crippen molar-refractivity contribution in [2.24, 2.45) is 0 Å². The number of benzene rings is 1. The zero-order valence-corrected chi connectivity index (χ0v) is 17.1. The van der Waals surface area contributed by atoms with Gasteiger partial charge < -0.3 is 14.8 Å². The second-order valence-corrected chi connectivity index (χ2v) is 6.86. The van der Waals surface area contributed by atoms with Crippen LogP contribution in [0.4, 0.5) is 5.69 Å². The van der Waals surface area contributed by atoms with E-state index >= 15 is 0 Å². The molecule has 30 heavy (non-hydrogen) atoms. The van der Waals surface area contributed by atoms with Crippen LogP contribution in [0, 0.1) is 6.92 Å². The Morgan fingerprint density at radius 1 is 1.13 bits per heavy atom. The predicted octanol–water partition coefficient (Wildman–Crippen LogP) is 3.35. The molecule has 0 aliphatic heterocycles. The SMILES string of the molecule is COc1ccc(CCn2cc(NC(=O)c3c(C)nc4ccccn34)cn2)cc1OC. The molecule has 0 spiro atoms. The third-order valence-corrected chi connectivity index (χ3v) is 4.89. The van der Waals surface area contributed by atoms with Crippen LogP contribution in [-0.2, 0) is 13.0 Å². The monoisotopic (exact) mass is 405 g/mol. The molecule has 0 unspecified atom stereocenters. The van der Waals surface area contributed by atoms with E-state index in [0.29, 0.717) is 35.1 Å². The van der Waals surface area contributed by atoms with Crippen LogP contribution in [0.2, 0.25) is 0 Å². The predicted molar refractivity (Wildman–Crippen MR) is 113 cm³/mol. The van der Waals surface area contributed by atoms with Gasteiger partial charge in [0.05, 0.1) is 31.8 Å². The van der Waals surface area contributed by atoms with Gasteiger partial charge in [0, 0.05) is 18.9 Å². The lowest BCUT2D eigenvalue weighted by atomic mass is 10.1. The smallest absolute Gasteiger partial charge is 0.274 e. The number of carbonyl (C=O) groups is 1. The summed E-state index contributed by atoms with van der Waals surface area (Å²) >= 11 is 0. The van der Waals surface area contributed by atoms with E-state index in [0.717, 1.165) is 17.6 Å². The number of methoxy groups -OCH3 is 2. The number of hydrogen-bond donors (Lipinski definition) is 1. The lowest BCUT2D eigenvalue weighted by Crippen LogP contribution is -2.15. The van der Waals surface area contributed by atoms with Gasteiger partial charge in [0.15, 0.2) is 11.5 Å². The molecule has 0 aliphatic carbocycles. The number of carbonyl (C=O) groups excluding carboxylic acids is 1. The first kappa shape index (κ1) is 19.5. The molecule has 1 aromatic carbocycles. The second-order valence-electron chi connectivity index (χ2n) is 6.86. The number of hydrogen-bond acceptors (Lipinski definition) is 5. The minimum atomic E-state index is -0.217. The minimum Gasteiger partial charge on any atom is -0.493 e. The fourth-order valence-corrected chi connectivity index (χ4v) is 3.41. The Morgan fingerprint density at radius 2 is 1.97 bits per heavy atom. The summed E-state index contributed by atoms with van der Waals surface area (Å²) in [5, 5.41) is 7.26. The summed E-state index contributed by atoms with van der Waals surface area (Å²) in [4.78, 5) is 17.2. The number of aryl methyl sites for hydroxylation is 3. The van der Waals surface area contributed by atoms with Crippen molar-refractivity contribution in [3.05, 3.63) is 71.9 Å². The third kappa shape index (κ3) is 3.84. The molecule has 0 atom stereocenters. The van der Waals surface area contributed by atoms with Crippen molar-refractivity contribution in [2.45, 2.75) is 19.9 Å². The number of amides is 1. The molecule has 0 aliphatic rings. The largest absolute Gasteiger partial charge is 0.493 e. The van der Waals surface area contributed by atoms with Crippen molar-refractivity contribution in [1.29, 1.82) is 0 Å². The molecule has 4 rings (SSSR count). The summed E-state index contributed by atoms with van der Waals surface area (Å²) in [5.41, 5.74) is 3.68. The molecule has 0 radical (unpaired) electrons. The standard InChI is InChI=1S/C22H23N5O3/c1-15-21(27-10-5-4-6-20(27)24-15)22(28)25-17-13-23-26(14-17)11-9-16-7-8-18(29-2)19(12-16)30-3/h4-8,10,12-14H,9,11H2,1-3H3,(H,25,28). The number of fused-ring (bicyclic) bond motifs is 1. The summed E-state index contributed by atoms with van der Waals surface area (Å²) in [6.07, 6.45) is 6.06. The van der Waals surface area contributed by atoms with Gasteiger partial charge in [-0.15, -0.1) is 0 Å². The highest BCUT2D eigenvalue weighted by Gasteiger charge is 2.17. The summed E-state index contributed by atoms with van der Waals surface area (Å²) in [6.45, 7) is 2.49. The van der Waals surface area contributed by atoms with E-state index in [1.807, 2.05) is 55.7 Å². The molecule has 8 heteroatoms. The van der Waals surface area contributed by atoms with Crippen LogP contribution in [0.3, 0.4) is 0 Å². The van der Waals surface area contributed by atoms with E-state index < -0.39 is 0 Å². The maximum atomic E-state index is 12.8. The van der Waals surface area contributed by atoms with Crippen LogP contribution in [0.15, 0.2) is 55.0 Å². The Hall–Kier alpha value is -3.81. The van der Waals surface area contributed by atoms with Gasteiger partial charge in [-0.05, 0) is 43.2 Å². The number of ether oxygens (including phenoxy) is 2. The average molecular weight is 405 g/mol.